The predicted molar refractivity (Wildman–Crippen MR) is 152 cm³/mol. The molecule has 2 aliphatic rings. The Morgan fingerprint density at radius 2 is 1.41 bits per heavy atom. The van der Waals surface area contributed by atoms with Gasteiger partial charge in [-0.2, -0.15) is 0 Å². The zero-order chi connectivity index (χ0) is 26.2. The van der Waals surface area contributed by atoms with Crippen LogP contribution in [0.15, 0.2) is 48.5 Å². The fraction of sp³-hybridized carbons (Fsp3) is 0.548. The van der Waals surface area contributed by atoms with Crippen molar-refractivity contribution in [2.45, 2.75) is 70.9 Å². The van der Waals surface area contributed by atoms with Gasteiger partial charge in [-0.3, -0.25) is 14.5 Å². The summed E-state index contributed by atoms with van der Waals surface area (Å²) in [5.41, 5.74) is 4.17. The van der Waals surface area contributed by atoms with E-state index in [0.29, 0.717) is 6.04 Å². The van der Waals surface area contributed by atoms with Crippen molar-refractivity contribution in [3.05, 3.63) is 59.7 Å². The van der Waals surface area contributed by atoms with Crippen LogP contribution in [0.4, 0.5) is 11.4 Å². The number of hydrogen-bond donors (Lipinski definition) is 0. The minimum atomic E-state index is 0.124. The first-order chi connectivity index (χ1) is 17.9. The highest BCUT2D eigenvalue weighted by molar-refractivity contribution is 5.94. The van der Waals surface area contributed by atoms with Gasteiger partial charge in [0.25, 0.3) is 5.91 Å². The van der Waals surface area contributed by atoms with Crippen LogP contribution in [0.2, 0.25) is 0 Å². The van der Waals surface area contributed by atoms with Crippen LogP contribution in [0, 0.1) is 0 Å². The van der Waals surface area contributed by atoms with Crippen molar-refractivity contribution in [2.24, 2.45) is 0 Å². The molecule has 0 unspecified atom stereocenters. The van der Waals surface area contributed by atoms with Gasteiger partial charge < -0.3 is 14.7 Å². The maximum atomic E-state index is 13.2. The molecule has 6 heteroatoms. The summed E-state index contributed by atoms with van der Waals surface area (Å²) in [6.07, 6.45) is 9.18. The third-order valence-corrected chi connectivity index (χ3v) is 8.01. The van der Waals surface area contributed by atoms with Gasteiger partial charge in [-0.05, 0) is 68.1 Å². The van der Waals surface area contributed by atoms with Gasteiger partial charge in [-0.25, -0.2) is 0 Å². The lowest BCUT2D eigenvalue weighted by molar-refractivity contribution is -0.116. The lowest BCUT2D eigenvalue weighted by atomic mass is 10.00. The molecule has 0 spiro atoms. The molecule has 6 nitrogen and oxygen atoms in total. The first-order valence-corrected chi connectivity index (χ1v) is 14.1. The van der Waals surface area contributed by atoms with Crippen LogP contribution >= 0.6 is 0 Å². The highest BCUT2D eigenvalue weighted by atomic mass is 16.2. The highest BCUT2D eigenvalue weighted by Crippen LogP contribution is 2.27. The minimum absolute atomic E-state index is 0.124. The number of carbonyl (C=O) groups is 2. The number of likely N-dealkylation sites (tertiary alicyclic amines) is 1. The Morgan fingerprint density at radius 1 is 0.784 bits per heavy atom. The topological polar surface area (TPSA) is 47.1 Å². The second kappa shape index (κ2) is 13.1. The largest absolute Gasteiger partial charge is 0.378 e. The number of amides is 2. The molecule has 0 saturated carbocycles. The van der Waals surface area contributed by atoms with E-state index in [-0.39, 0.29) is 11.8 Å². The van der Waals surface area contributed by atoms with Crippen molar-refractivity contribution >= 4 is 23.2 Å². The highest BCUT2D eigenvalue weighted by Gasteiger charge is 2.28. The molecule has 4 rings (SSSR count). The van der Waals surface area contributed by atoms with Crippen molar-refractivity contribution in [2.75, 3.05) is 50.1 Å². The van der Waals surface area contributed by atoms with E-state index in [9.17, 15) is 9.59 Å². The van der Waals surface area contributed by atoms with E-state index in [1.54, 1.807) is 6.92 Å². The first-order valence-electron chi connectivity index (χ1n) is 14.1. The maximum absolute atomic E-state index is 13.2. The van der Waals surface area contributed by atoms with E-state index in [1.165, 1.54) is 37.7 Å². The summed E-state index contributed by atoms with van der Waals surface area (Å²) in [6, 6.07) is 16.8. The van der Waals surface area contributed by atoms with Gasteiger partial charge in [0.15, 0.2) is 0 Å². The first kappa shape index (κ1) is 27.2. The standard InChI is InChI=1S/C31H44N4O2/c1-25(36)35-21-11-7-5-4-6-10-20-34(24-27-12-8-9-13-30(27)35)29-18-22-33(23-19-29)31(37)26-14-16-28(17-15-26)32(2)3/h8-9,12-17,29H,4-7,10-11,18-24H2,1-3H3. The van der Waals surface area contributed by atoms with Gasteiger partial charge in [-0.1, -0.05) is 43.9 Å². The Labute approximate surface area is 223 Å². The zero-order valence-corrected chi connectivity index (χ0v) is 23.0. The molecule has 0 aromatic heterocycles. The van der Waals surface area contributed by atoms with E-state index in [1.807, 2.05) is 59.1 Å². The second-order valence-electron chi connectivity index (χ2n) is 10.9. The van der Waals surface area contributed by atoms with Crippen LogP contribution in [0.5, 0.6) is 0 Å². The van der Waals surface area contributed by atoms with Crippen LogP contribution in [0.3, 0.4) is 0 Å². The molecule has 1 fully saturated rings. The zero-order valence-electron chi connectivity index (χ0n) is 23.0. The van der Waals surface area contributed by atoms with Crippen LogP contribution in [0.25, 0.3) is 0 Å². The van der Waals surface area contributed by atoms with E-state index in [0.717, 1.165) is 68.9 Å². The summed E-state index contributed by atoms with van der Waals surface area (Å²) in [5, 5.41) is 0. The molecule has 1 saturated heterocycles. The molecule has 0 atom stereocenters. The Hall–Kier alpha value is -2.86. The Kier molecular flexibility index (Phi) is 9.62. The number of fused-ring (bicyclic) bond motifs is 1. The third kappa shape index (κ3) is 7.13. The van der Waals surface area contributed by atoms with Crippen molar-refractivity contribution in [3.63, 3.8) is 0 Å². The molecule has 0 aliphatic carbocycles. The van der Waals surface area contributed by atoms with Gasteiger partial charge >= 0.3 is 0 Å². The van der Waals surface area contributed by atoms with Gasteiger partial charge in [0.05, 0.1) is 0 Å². The molecule has 2 amide bonds. The minimum Gasteiger partial charge on any atom is -0.378 e. The molecule has 2 heterocycles. The van der Waals surface area contributed by atoms with E-state index >= 15 is 0 Å². The summed E-state index contributed by atoms with van der Waals surface area (Å²) in [6.45, 7) is 5.98. The molecule has 200 valence electrons. The number of piperidine rings is 1. The van der Waals surface area contributed by atoms with Gasteiger partial charge in [-0.15, -0.1) is 0 Å². The number of rotatable bonds is 3. The van der Waals surface area contributed by atoms with Crippen molar-refractivity contribution < 1.29 is 9.59 Å². The average molecular weight is 505 g/mol. The molecule has 2 aliphatic heterocycles. The summed E-state index contributed by atoms with van der Waals surface area (Å²) in [5.74, 6) is 0.260. The van der Waals surface area contributed by atoms with Gasteiger partial charge in [0.2, 0.25) is 5.91 Å². The quantitative estimate of drug-likeness (QED) is 0.549. The number of carbonyl (C=O) groups excluding carboxylic acids is 2. The second-order valence-corrected chi connectivity index (χ2v) is 10.9. The number of hydrogen-bond acceptors (Lipinski definition) is 4. The Balaban J connectivity index is 1.46. The number of benzene rings is 2. The van der Waals surface area contributed by atoms with Crippen LogP contribution in [-0.4, -0.2) is 67.9 Å². The Morgan fingerprint density at radius 3 is 2.05 bits per heavy atom. The summed E-state index contributed by atoms with van der Waals surface area (Å²) < 4.78 is 0. The molecular weight excluding hydrogens is 460 g/mol. The molecule has 0 N–H and O–H groups in total. The van der Waals surface area contributed by atoms with Crippen molar-refractivity contribution in [3.8, 4) is 0 Å². The van der Waals surface area contributed by atoms with E-state index in [2.05, 4.69) is 23.1 Å². The average Bonchev–Trinajstić information content (AvgIpc) is 2.93. The fourth-order valence-corrected chi connectivity index (χ4v) is 5.78. The number of para-hydroxylation sites is 1. The monoisotopic (exact) mass is 504 g/mol. The van der Waals surface area contributed by atoms with Gasteiger partial charge in [0.1, 0.15) is 0 Å². The SMILES string of the molecule is CC(=O)N1CCCCCCCCN(C2CCN(C(=O)c3ccc(N(C)C)cc3)CC2)Cc2ccccc21. The number of nitrogens with zero attached hydrogens (tertiary/aromatic N) is 4. The molecule has 0 bridgehead atoms. The van der Waals surface area contributed by atoms with Crippen LogP contribution < -0.4 is 9.80 Å². The normalized spacial score (nSPS) is 18.8. The Bertz CT molecular complexity index is 1030. The summed E-state index contributed by atoms with van der Waals surface area (Å²) in [7, 11) is 4.02. The van der Waals surface area contributed by atoms with Crippen molar-refractivity contribution in [1.82, 2.24) is 9.80 Å². The number of anilines is 2. The lowest BCUT2D eigenvalue weighted by Crippen LogP contribution is -2.47. The molecule has 37 heavy (non-hydrogen) atoms. The van der Waals surface area contributed by atoms with Crippen LogP contribution in [-0.2, 0) is 11.3 Å². The van der Waals surface area contributed by atoms with Gasteiger partial charge in [0, 0.05) is 70.2 Å². The van der Waals surface area contributed by atoms with E-state index < -0.39 is 0 Å². The fourth-order valence-electron chi connectivity index (χ4n) is 5.78. The lowest BCUT2D eigenvalue weighted by Gasteiger charge is -2.39. The molecular formula is C31H44N4O2. The smallest absolute Gasteiger partial charge is 0.253 e. The predicted octanol–water partition coefficient (Wildman–Crippen LogP) is 5.57. The van der Waals surface area contributed by atoms with E-state index in [4.69, 9.17) is 0 Å². The molecule has 2 aromatic carbocycles. The summed E-state index contributed by atoms with van der Waals surface area (Å²) >= 11 is 0. The molecule has 0 radical (unpaired) electrons. The summed E-state index contributed by atoms with van der Waals surface area (Å²) in [4.78, 5) is 34.4. The maximum Gasteiger partial charge on any atom is 0.253 e. The molecule has 2 aromatic rings. The van der Waals surface area contributed by atoms with Crippen LogP contribution in [0.1, 0.15) is 74.2 Å². The van der Waals surface area contributed by atoms with Crippen molar-refractivity contribution in [1.29, 1.82) is 0 Å². The third-order valence-electron chi connectivity index (χ3n) is 8.01.